The highest BCUT2D eigenvalue weighted by molar-refractivity contribution is 5.75. The van der Waals surface area contributed by atoms with E-state index in [9.17, 15) is 4.79 Å². The summed E-state index contributed by atoms with van der Waals surface area (Å²) in [5, 5.41) is 20.4. The minimum absolute atomic E-state index is 0.119. The zero-order valence-electron chi connectivity index (χ0n) is 10.3. The van der Waals surface area contributed by atoms with E-state index in [-0.39, 0.29) is 5.92 Å². The Kier molecular flexibility index (Phi) is 3.30. The van der Waals surface area contributed by atoms with Crippen molar-refractivity contribution < 1.29 is 9.90 Å². The van der Waals surface area contributed by atoms with E-state index in [1.54, 1.807) is 13.8 Å². The summed E-state index contributed by atoms with van der Waals surface area (Å²) >= 11 is 0. The Labute approximate surface area is 94.7 Å². The van der Waals surface area contributed by atoms with Crippen molar-refractivity contribution in [2.45, 2.75) is 46.1 Å². The molecule has 0 radical (unpaired) electrons. The lowest BCUT2D eigenvalue weighted by atomic mass is 9.96. The third kappa shape index (κ3) is 2.05. The summed E-state index contributed by atoms with van der Waals surface area (Å²) in [6.07, 6.45) is 0. The summed E-state index contributed by atoms with van der Waals surface area (Å²) in [4.78, 5) is 11.1. The third-order valence-corrected chi connectivity index (χ3v) is 2.95. The molecule has 6 nitrogen and oxygen atoms in total. The van der Waals surface area contributed by atoms with Gasteiger partial charge in [0.2, 0.25) is 0 Å². The van der Waals surface area contributed by atoms with Crippen LogP contribution in [0, 0.1) is 5.92 Å². The average molecular weight is 226 g/mol. The fraction of sp³-hybridized carbons (Fsp3) is 0.800. The van der Waals surface area contributed by atoms with Crippen molar-refractivity contribution >= 4 is 5.97 Å². The van der Waals surface area contributed by atoms with Crippen molar-refractivity contribution in [2.75, 3.05) is 0 Å². The van der Waals surface area contributed by atoms with Crippen molar-refractivity contribution in [1.29, 1.82) is 0 Å². The number of carbonyl (C=O) groups is 1. The summed E-state index contributed by atoms with van der Waals surface area (Å²) in [6, 6.07) is 0. The number of aromatic nitrogens is 4. The van der Waals surface area contributed by atoms with Crippen molar-refractivity contribution in [3.8, 4) is 0 Å². The maximum Gasteiger partial charge on any atom is 0.331 e. The quantitative estimate of drug-likeness (QED) is 0.835. The van der Waals surface area contributed by atoms with Crippen molar-refractivity contribution in [3.05, 3.63) is 5.82 Å². The van der Waals surface area contributed by atoms with Gasteiger partial charge in [0.05, 0.1) is 0 Å². The third-order valence-electron chi connectivity index (χ3n) is 2.95. The Morgan fingerprint density at radius 2 is 1.94 bits per heavy atom. The van der Waals surface area contributed by atoms with Gasteiger partial charge in [0, 0.05) is 5.92 Å². The smallest absolute Gasteiger partial charge is 0.331 e. The monoisotopic (exact) mass is 226 g/mol. The molecule has 1 aromatic rings. The second-order valence-corrected chi connectivity index (χ2v) is 4.85. The largest absolute Gasteiger partial charge is 0.479 e. The standard InChI is InChI=1S/C10H18N4O2/c1-6(2)7(3)8-11-12-13-14(8)10(4,5)9(15)16/h6-7H,1-5H3,(H,15,16). The molecule has 0 aromatic carbocycles. The molecule has 90 valence electrons. The number of nitrogens with zero attached hydrogens (tertiary/aromatic N) is 4. The molecule has 1 rings (SSSR count). The van der Waals surface area contributed by atoms with Crippen LogP contribution in [0.4, 0.5) is 0 Å². The van der Waals surface area contributed by atoms with E-state index in [1.165, 1.54) is 4.68 Å². The van der Waals surface area contributed by atoms with Crippen LogP contribution in [-0.4, -0.2) is 31.3 Å². The molecule has 6 heteroatoms. The normalized spacial score (nSPS) is 14.1. The summed E-state index contributed by atoms with van der Waals surface area (Å²) in [5.74, 6) is 0.141. The molecule has 0 aliphatic heterocycles. The summed E-state index contributed by atoms with van der Waals surface area (Å²) < 4.78 is 1.39. The van der Waals surface area contributed by atoms with E-state index in [0.717, 1.165) is 0 Å². The van der Waals surface area contributed by atoms with Gasteiger partial charge in [0.1, 0.15) is 0 Å². The number of hydrogen-bond acceptors (Lipinski definition) is 4. The Morgan fingerprint density at radius 1 is 1.38 bits per heavy atom. The predicted molar refractivity (Wildman–Crippen MR) is 58.0 cm³/mol. The van der Waals surface area contributed by atoms with Crippen molar-refractivity contribution in [1.82, 2.24) is 20.2 Å². The zero-order chi connectivity index (χ0) is 12.5. The number of rotatable bonds is 4. The molecule has 1 aromatic heterocycles. The van der Waals surface area contributed by atoms with E-state index in [1.807, 2.05) is 6.92 Å². The maximum atomic E-state index is 11.1. The molecule has 0 spiro atoms. The molecule has 1 N–H and O–H groups in total. The molecule has 16 heavy (non-hydrogen) atoms. The molecule has 0 amide bonds. The van der Waals surface area contributed by atoms with Gasteiger partial charge in [-0.1, -0.05) is 20.8 Å². The topological polar surface area (TPSA) is 80.9 Å². The Balaban J connectivity index is 3.17. The highest BCUT2D eigenvalue weighted by atomic mass is 16.4. The van der Waals surface area contributed by atoms with Crippen molar-refractivity contribution in [2.24, 2.45) is 5.92 Å². The molecular formula is C10H18N4O2. The van der Waals surface area contributed by atoms with Gasteiger partial charge in [-0.05, 0) is 30.2 Å². The second kappa shape index (κ2) is 4.19. The number of hydrogen-bond donors (Lipinski definition) is 1. The molecule has 1 unspecified atom stereocenters. The Hall–Kier alpha value is -1.46. The van der Waals surface area contributed by atoms with Gasteiger partial charge < -0.3 is 5.11 Å². The average Bonchev–Trinajstić information content (AvgIpc) is 2.64. The van der Waals surface area contributed by atoms with Crippen molar-refractivity contribution in [3.63, 3.8) is 0 Å². The highest BCUT2D eigenvalue weighted by Crippen LogP contribution is 2.25. The van der Waals surface area contributed by atoms with Crippen LogP contribution in [0.3, 0.4) is 0 Å². The minimum Gasteiger partial charge on any atom is -0.479 e. The number of carboxylic acids is 1. The van der Waals surface area contributed by atoms with Crippen LogP contribution < -0.4 is 0 Å². The lowest BCUT2D eigenvalue weighted by Crippen LogP contribution is -2.38. The molecule has 0 aliphatic carbocycles. The predicted octanol–water partition coefficient (Wildman–Crippen LogP) is 1.25. The van der Waals surface area contributed by atoms with Gasteiger partial charge in [0.15, 0.2) is 11.4 Å². The van der Waals surface area contributed by atoms with Crippen LogP contribution in [0.1, 0.15) is 46.4 Å². The SMILES string of the molecule is CC(C)C(C)c1nnnn1C(C)(C)C(=O)O. The van der Waals surface area contributed by atoms with E-state index < -0.39 is 11.5 Å². The minimum atomic E-state index is -1.12. The highest BCUT2D eigenvalue weighted by Gasteiger charge is 2.35. The van der Waals surface area contributed by atoms with E-state index >= 15 is 0 Å². The maximum absolute atomic E-state index is 11.1. The molecule has 1 heterocycles. The Morgan fingerprint density at radius 3 is 2.38 bits per heavy atom. The summed E-state index contributed by atoms with van der Waals surface area (Å²) in [6.45, 7) is 9.27. The van der Waals surface area contributed by atoms with E-state index in [0.29, 0.717) is 11.7 Å². The fourth-order valence-electron chi connectivity index (χ4n) is 1.26. The molecule has 1 atom stereocenters. The molecule has 0 fully saturated rings. The zero-order valence-corrected chi connectivity index (χ0v) is 10.3. The van der Waals surface area contributed by atoms with Crippen LogP contribution in [0.2, 0.25) is 0 Å². The first-order chi connectivity index (χ1) is 7.28. The lowest BCUT2D eigenvalue weighted by molar-refractivity contribution is -0.146. The van der Waals surface area contributed by atoms with Crippen LogP contribution in [0.25, 0.3) is 0 Å². The lowest BCUT2D eigenvalue weighted by Gasteiger charge is -2.23. The van der Waals surface area contributed by atoms with Crippen LogP contribution >= 0.6 is 0 Å². The van der Waals surface area contributed by atoms with Gasteiger partial charge in [-0.2, -0.15) is 0 Å². The number of aliphatic carboxylic acids is 1. The molecule has 0 saturated carbocycles. The van der Waals surface area contributed by atoms with E-state index in [2.05, 4.69) is 29.4 Å². The molecule has 0 saturated heterocycles. The van der Waals surface area contributed by atoms with Crippen LogP contribution in [0.5, 0.6) is 0 Å². The van der Waals surface area contributed by atoms with Gasteiger partial charge in [-0.3, -0.25) is 0 Å². The van der Waals surface area contributed by atoms with Crippen LogP contribution in [0.15, 0.2) is 0 Å². The van der Waals surface area contributed by atoms with Crippen LogP contribution in [-0.2, 0) is 10.3 Å². The second-order valence-electron chi connectivity index (χ2n) is 4.85. The molecule has 0 bridgehead atoms. The van der Waals surface area contributed by atoms with Gasteiger partial charge in [0.25, 0.3) is 0 Å². The first-order valence-corrected chi connectivity index (χ1v) is 5.30. The summed E-state index contributed by atoms with van der Waals surface area (Å²) in [5.41, 5.74) is -1.12. The Bertz CT molecular complexity index is 384. The number of tetrazole rings is 1. The summed E-state index contributed by atoms with van der Waals surface area (Å²) in [7, 11) is 0. The first-order valence-electron chi connectivity index (χ1n) is 5.30. The van der Waals surface area contributed by atoms with Gasteiger partial charge in [-0.15, -0.1) is 5.10 Å². The fourth-order valence-corrected chi connectivity index (χ4v) is 1.26. The van der Waals surface area contributed by atoms with Gasteiger partial charge >= 0.3 is 5.97 Å². The number of carboxylic acid groups (broad SMARTS) is 1. The van der Waals surface area contributed by atoms with E-state index in [4.69, 9.17) is 5.11 Å². The first kappa shape index (κ1) is 12.6. The molecule has 0 aliphatic rings. The van der Waals surface area contributed by atoms with Gasteiger partial charge in [-0.25, -0.2) is 9.48 Å². The molecular weight excluding hydrogens is 208 g/mol.